The van der Waals surface area contributed by atoms with Gasteiger partial charge in [0.05, 0.1) is 6.61 Å². The number of hydrogen-bond acceptors (Lipinski definition) is 3. The monoisotopic (exact) mass is 310 g/mol. The SMILES string of the molecule is C/C(=C\c1cccc(Oc2ccccc2)c1)[C@@H]1COC(C)(C)O1. The first-order chi connectivity index (χ1) is 11.0. The third kappa shape index (κ3) is 4.21. The Labute approximate surface area is 137 Å². The molecule has 1 fully saturated rings. The predicted octanol–water partition coefficient (Wildman–Crippen LogP) is 5.03. The number of rotatable bonds is 4. The largest absolute Gasteiger partial charge is 0.457 e. The molecular weight excluding hydrogens is 288 g/mol. The van der Waals surface area contributed by atoms with E-state index in [1.807, 2.05) is 62.4 Å². The maximum Gasteiger partial charge on any atom is 0.163 e. The molecule has 0 unspecified atom stereocenters. The highest BCUT2D eigenvalue weighted by molar-refractivity contribution is 5.55. The molecule has 2 aromatic carbocycles. The van der Waals surface area contributed by atoms with Gasteiger partial charge in [-0.15, -0.1) is 0 Å². The van der Waals surface area contributed by atoms with Gasteiger partial charge < -0.3 is 14.2 Å². The van der Waals surface area contributed by atoms with E-state index in [-0.39, 0.29) is 6.10 Å². The van der Waals surface area contributed by atoms with Crippen molar-refractivity contribution in [3.05, 3.63) is 65.7 Å². The topological polar surface area (TPSA) is 27.7 Å². The van der Waals surface area contributed by atoms with E-state index in [4.69, 9.17) is 14.2 Å². The van der Waals surface area contributed by atoms with Gasteiger partial charge in [-0.3, -0.25) is 0 Å². The van der Waals surface area contributed by atoms with Crippen molar-refractivity contribution in [2.75, 3.05) is 6.61 Å². The van der Waals surface area contributed by atoms with E-state index >= 15 is 0 Å². The van der Waals surface area contributed by atoms with E-state index in [1.54, 1.807) is 0 Å². The molecule has 1 atom stereocenters. The third-order valence-electron chi connectivity index (χ3n) is 3.75. The average Bonchev–Trinajstić information content (AvgIpc) is 2.89. The van der Waals surface area contributed by atoms with Crippen molar-refractivity contribution in [3.63, 3.8) is 0 Å². The summed E-state index contributed by atoms with van der Waals surface area (Å²) in [4.78, 5) is 0. The molecule has 0 radical (unpaired) electrons. The van der Waals surface area contributed by atoms with Crippen molar-refractivity contribution in [2.24, 2.45) is 0 Å². The maximum atomic E-state index is 5.89. The quantitative estimate of drug-likeness (QED) is 0.792. The van der Waals surface area contributed by atoms with Gasteiger partial charge >= 0.3 is 0 Å². The fraction of sp³-hybridized carbons (Fsp3) is 0.300. The zero-order valence-corrected chi connectivity index (χ0v) is 13.8. The summed E-state index contributed by atoms with van der Waals surface area (Å²) < 4.78 is 17.4. The number of hydrogen-bond donors (Lipinski definition) is 0. The lowest BCUT2D eigenvalue weighted by molar-refractivity contribution is -0.134. The van der Waals surface area contributed by atoms with Gasteiger partial charge in [-0.05, 0) is 56.2 Å². The molecule has 0 aromatic heterocycles. The fourth-order valence-electron chi connectivity index (χ4n) is 2.56. The van der Waals surface area contributed by atoms with E-state index in [2.05, 4.69) is 19.1 Å². The fourth-order valence-corrected chi connectivity index (χ4v) is 2.56. The van der Waals surface area contributed by atoms with Gasteiger partial charge in [0.1, 0.15) is 17.6 Å². The van der Waals surface area contributed by atoms with Gasteiger partial charge in [-0.25, -0.2) is 0 Å². The normalized spacial score (nSPS) is 20.5. The zero-order chi connectivity index (χ0) is 16.3. The molecule has 0 N–H and O–H groups in total. The highest BCUT2D eigenvalue weighted by Gasteiger charge is 2.33. The van der Waals surface area contributed by atoms with Crippen molar-refractivity contribution in [1.82, 2.24) is 0 Å². The first kappa shape index (κ1) is 15.8. The Morgan fingerprint density at radius 1 is 1.09 bits per heavy atom. The minimum absolute atomic E-state index is 0.00342. The van der Waals surface area contributed by atoms with E-state index < -0.39 is 5.79 Å². The van der Waals surface area contributed by atoms with Crippen LogP contribution < -0.4 is 4.74 Å². The Balaban J connectivity index is 1.73. The second-order valence-electron chi connectivity index (χ2n) is 6.19. The van der Waals surface area contributed by atoms with Crippen LogP contribution in [0.2, 0.25) is 0 Å². The zero-order valence-electron chi connectivity index (χ0n) is 13.8. The second-order valence-corrected chi connectivity index (χ2v) is 6.19. The Kier molecular flexibility index (Phi) is 4.51. The van der Waals surface area contributed by atoms with Crippen molar-refractivity contribution in [3.8, 4) is 11.5 Å². The highest BCUT2D eigenvalue weighted by Crippen LogP contribution is 2.28. The Bertz CT molecular complexity index is 689. The summed E-state index contributed by atoms with van der Waals surface area (Å²) in [5.74, 6) is 1.15. The average molecular weight is 310 g/mol. The molecule has 3 rings (SSSR count). The lowest BCUT2D eigenvalue weighted by Crippen LogP contribution is -2.21. The van der Waals surface area contributed by atoms with Crippen LogP contribution in [0.25, 0.3) is 6.08 Å². The molecule has 0 saturated carbocycles. The molecule has 120 valence electrons. The number of para-hydroxylation sites is 1. The molecule has 1 aliphatic rings. The Morgan fingerprint density at radius 2 is 1.83 bits per heavy atom. The van der Waals surface area contributed by atoms with Crippen molar-refractivity contribution in [2.45, 2.75) is 32.7 Å². The summed E-state index contributed by atoms with van der Waals surface area (Å²) in [6.07, 6.45) is 2.12. The number of ether oxygens (including phenoxy) is 3. The molecule has 3 heteroatoms. The van der Waals surface area contributed by atoms with Crippen LogP contribution in [0.5, 0.6) is 11.5 Å². The molecule has 1 saturated heterocycles. The van der Waals surface area contributed by atoms with Crippen LogP contribution in [-0.2, 0) is 9.47 Å². The highest BCUT2D eigenvalue weighted by atomic mass is 16.7. The predicted molar refractivity (Wildman–Crippen MR) is 91.5 cm³/mol. The van der Waals surface area contributed by atoms with Crippen LogP contribution in [0.3, 0.4) is 0 Å². The van der Waals surface area contributed by atoms with E-state index in [1.165, 1.54) is 0 Å². The molecule has 1 heterocycles. The van der Waals surface area contributed by atoms with Gasteiger partial charge in [0.25, 0.3) is 0 Å². The van der Waals surface area contributed by atoms with Crippen molar-refractivity contribution in [1.29, 1.82) is 0 Å². The first-order valence-electron chi connectivity index (χ1n) is 7.85. The van der Waals surface area contributed by atoms with Crippen LogP contribution in [-0.4, -0.2) is 18.5 Å². The molecule has 3 nitrogen and oxygen atoms in total. The van der Waals surface area contributed by atoms with Crippen LogP contribution in [0.4, 0.5) is 0 Å². The Hall–Kier alpha value is -2.10. The molecule has 0 bridgehead atoms. The van der Waals surface area contributed by atoms with Crippen LogP contribution in [0, 0.1) is 0 Å². The smallest absolute Gasteiger partial charge is 0.163 e. The van der Waals surface area contributed by atoms with Gasteiger partial charge in [-0.1, -0.05) is 36.4 Å². The summed E-state index contributed by atoms with van der Waals surface area (Å²) >= 11 is 0. The van der Waals surface area contributed by atoms with Gasteiger partial charge in [0, 0.05) is 0 Å². The van der Waals surface area contributed by atoms with Gasteiger partial charge in [-0.2, -0.15) is 0 Å². The molecule has 23 heavy (non-hydrogen) atoms. The minimum atomic E-state index is -0.502. The molecular formula is C20H22O3. The van der Waals surface area contributed by atoms with E-state index in [9.17, 15) is 0 Å². The lowest BCUT2D eigenvalue weighted by atomic mass is 10.1. The van der Waals surface area contributed by atoms with Crippen LogP contribution >= 0.6 is 0 Å². The molecule has 0 amide bonds. The van der Waals surface area contributed by atoms with Crippen LogP contribution in [0.1, 0.15) is 26.3 Å². The lowest BCUT2D eigenvalue weighted by Gasteiger charge is -2.17. The van der Waals surface area contributed by atoms with Crippen molar-refractivity contribution >= 4 is 6.08 Å². The summed E-state index contributed by atoms with van der Waals surface area (Å²) in [5, 5.41) is 0. The molecule has 2 aromatic rings. The summed E-state index contributed by atoms with van der Waals surface area (Å²) in [6.45, 7) is 6.54. The van der Waals surface area contributed by atoms with Crippen molar-refractivity contribution < 1.29 is 14.2 Å². The van der Waals surface area contributed by atoms with Crippen LogP contribution in [0.15, 0.2) is 60.2 Å². The third-order valence-corrected chi connectivity index (χ3v) is 3.75. The maximum absolute atomic E-state index is 5.89. The second kappa shape index (κ2) is 6.57. The molecule has 0 spiro atoms. The van der Waals surface area contributed by atoms with E-state index in [0.717, 1.165) is 22.6 Å². The molecule has 0 aliphatic carbocycles. The van der Waals surface area contributed by atoms with E-state index in [0.29, 0.717) is 6.61 Å². The van der Waals surface area contributed by atoms with Gasteiger partial charge in [0.15, 0.2) is 5.79 Å². The van der Waals surface area contributed by atoms with Gasteiger partial charge in [0.2, 0.25) is 0 Å². The number of benzene rings is 2. The summed E-state index contributed by atoms with van der Waals surface area (Å²) in [5.41, 5.74) is 2.23. The molecule has 1 aliphatic heterocycles. The summed E-state index contributed by atoms with van der Waals surface area (Å²) in [7, 11) is 0. The Morgan fingerprint density at radius 3 is 2.52 bits per heavy atom. The summed E-state index contributed by atoms with van der Waals surface area (Å²) in [6, 6.07) is 17.8. The standard InChI is InChI=1S/C20H22O3/c1-15(19-14-21-20(2,3)23-19)12-16-8-7-11-18(13-16)22-17-9-5-4-6-10-17/h4-13,19H,14H2,1-3H3/b15-12+/t19-/m0/s1. The minimum Gasteiger partial charge on any atom is -0.457 e. The first-order valence-corrected chi connectivity index (χ1v) is 7.85.